The van der Waals surface area contributed by atoms with Crippen molar-refractivity contribution in [2.45, 2.75) is 26.2 Å². The molecular formula is C22H25NO3. The summed E-state index contributed by atoms with van der Waals surface area (Å²) in [6.45, 7) is 4.40. The number of anilines is 1. The molecule has 136 valence electrons. The van der Waals surface area contributed by atoms with Gasteiger partial charge in [-0.05, 0) is 60.2 Å². The Morgan fingerprint density at radius 1 is 1.19 bits per heavy atom. The number of benzene rings is 2. The SMILES string of the molecule is CCCOc1cc2c(c3c1NCC(c1ccc(OC)cc1)=C3)OCCC2. The lowest BCUT2D eigenvalue weighted by atomic mass is 9.93. The van der Waals surface area contributed by atoms with Crippen LogP contribution in [0.1, 0.15) is 36.5 Å². The largest absolute Gasteiger partial charge is 0.497 e. The molecule has 2 aromatic rings. The van der Waals surface area contributed by atoms with Gasteiger partial charge in [0.05, 0.1) is 26.0 Å². The average Bonchev–Trinajstić information content (AvgIpc) is 2.71. The molecule has 1 N–H and O–H groups in total. The first-order valence-corrected chi connectivity index (χ1v) is 9.34. The Morgan fingerprint density at radius 3 is 2.81 bits per heavy atom. The minimum absolute atomic E-state index is 0.725. The van der Waals surface area contributed by atoms with Crippen molar-refractivity contribution >= 4 is 17.3 Å². The molecule has 0 aromatic heterocycles. The van der Waals surface area contributed by atoms with E-state index in [0.29, 0.717) is 0 Å². The van der Waals surface area contributed by atoms with Crippen LogP contribution in [0.15, 0.2) is 30.3 Å². The highest BCUT2D eigenvalue weighted by atomic mass is 16.5. The third kappa shape index (κ3) is 3.12. The second-order valence-corrected chi connectivity index (χ2v) is 6.70. The van der Waals surface area contributed by atoms with Crippen molar-refractivity contribution in [3.05, 3.63) is 47.0 Å². The molecule has 2 aliphatic rings. The Balaban J connectivity index is 1.77. The minimum atomic E-state index is 0.725. The molecule has 2 aliphatic heterocycles. The van der Waals surface area contributed by atoms with Crippen molar-refractivity contribution in [3.8, 4) is 17.2 Å². The topological polar surface area (TPSA) is 39.7 Å². The van der Waals surface area contributed by atoms with E-state index in [1.54, 1.807) is 7.11 Å². The van der Waals surface area contributed by atoms with E-state index >= 15 is 0 Å². The third-order valence-electron chi connectivity index (χ3n) is 4.89. The zero-order valence-electron chi connectivity index (χ0n) is 15.4. The zero-order valence-corrected chi connectivity index (χ0v) is 15.4. The summed E-state index contributed by atoms with van der Waals surface area (Å²) in [4.78, 5) is 0. The van der Waals surface area contributed by atoms with Gasteiger partial charge in [-0.3, -0.25) is 0 Å². The predicted octanol–water partition coefficient (Wildman–Crippen LogP) is 4.78. The summed E-state index contributed by atoms with van der Waals surface area (Å²) < 4.78 is 17.3. The van der Waals surface area contributed by atoms with Gasteiger partial charge in [-0.15, -0.1) is 0 Å². The lowest BCUT2D eigenvalue weighted by Gasteiger charge is -2.28. The molecule has 0 saturated heterocycles. The van der Waals surface area contributed by atoms with Crippen LogP contribution in [0.3, 0.4) is 0 Å². The van der Waals surface area contributed by atoms with E-state index in [2.05, 4.69) is 36.5 Å². The standard InChI is InChI=1S/C22H25NO3/c1-3-10-25-20-13-16-5-4-11-26-22(16)19-12-17(14-23-21(19)20)15-6-8-18(24-2)9-7-15/h6-9,12-13,23H,3-5,10-11,14H2,1-2H3. The van der Waals surface area contributed by atoms with Crippen molar-refractivity contribution in [1.82, 2.24) is 0 Å². The van der Waals surface area contributed by atoms with Crippen LogP contribution in [0, 0.1) is 0 Å². The summed E-state index contributed by atoms with van der Waals surface area (Å²) in [5.74, 6) is 2.82. The quantitative estimate of drug-likeness (QED) is 0.842. The first kappa shape index (κ1) is 16.8. The summed E-state index contributed by atoms with van der Waals surface area (Å²) >= 11 is 0. The van der Waals surface area contributed by atoms with E-state index < -0.39 is 0 Å². The predicted molar refractivity (Wildman–Crippen MR) is 105 cm³/mol. The Kier molecular flexibility index (Phi) is 4.74. The maximum Gasteiger partial charge on any atom is 0.143 e. The molecule has 2 aromatic carbocycles. The molecule has 4 heteroatoms. The van der Waals surface area contributed by atoms with Gasteiger partial charge in [-0.25, -0.2) is 0 Å². The summed E-state index contributed by atoms with van der Waals surface area (Å²) in [6, 6.07) is 10.4. The van der Waals surface area contributed by atoms with E-state index in [9.17, 15) is 0 Å². The first-order valence-electron chi connectivity index (χ1n) is 9.34. The highest BCUT2D eigenvalue weighted by Crippen LogP contribution is 2.45. The molecule has 0 atom stereocenters. The smallest absolute Gasteiger partial charge is 0.143 e. The lowest BCUT2D eigenvalue weighted by Crippen LogP contribution is -2.16. The first-order chi connectivity index (χ1) is 12.8. The number of hydrogen-bond acceptors (Lipinski definition) is 4. The number of methoxy groups -OCH3 is 1. The Bertz CT molecular complexity index is 824. The molecular weight excluding hydrogens is 326 g/mol. The fourth-order valence-electron chi connectivity index (χ4n) is 3.55. The Morgan fingerprint density at radius 2 is 2.04 bits per heavy atom. The second kappa shape index (κ2) is 7.32. The fraction of sp³-hybridized carbons (Fsp3) is 0.364. The molecule has 0 saturated carbocycles. The number of fused-ring (bicyclic) bond motifs is 3. The van der Waals surface area contributed by atoms with Crippen LogP contribution in [0.25, 0.3) is 11.6 Å². The monoisotopic (exact) mass is 351 g/mol. The van der Waals surface area contributed by atoms with E-state index in [4.69, 9.17) is 14.2 Å². The van der Waals surface area contributed by atoms with Gasteiger partial charge < -0.3 is 19.5 Å². The third-order valence-corrected chi connectivity index (χ3v) is 4.89. The molecule has 0 bridgehead atoms. The van der Waals surface area contributed by atoms with Crippen molar-refractivity contribution in [1.29, 1.82) is 0 Å². The van der Waals surface area contributed by atoms with Crippen LogP contribution in [-0.4, -0.2) is 26.9 Å². The van der Waals surface area contributed by atoms with Gasteiger partial charge in [0.2, 0.25) is 0 Å². The summed E-state index contributed by atoms with van der Waals surface area (Å²) in [5, 5.41) is 3.56. The van der Waals surface area contributed by atoms with Crippen LogP contribution in [-0.2, 0) is 6.42 Å². The van der Waals surface area contributed by atoms with Crippen molar-refractivity contribution < 1.29 is 14.2 Å². The van der Waals surface area contributed by atoms with Crippen molar-refractivity contribution in [2.24, 2.45) is 0 Å². The van der Waals surface area contributed by atoms with Gasteiger partial charge >= 0.3 is 0 Å². The van der Waals surface area contributed by atoms with Gasteiger partial charge in [-0.1, -0.05) is 19.1 Å². The molecule has 26 heavy (non-hydrogen) atoms. The summed E-state index contributed by atoms with van der Waals surface area (Å²) in [7, 11) is 1.69. The van der Waals surface area contributed by atoms with Gasteiger partial charge in [-0.2, -0.15) is 0 Å². The van der Waals surface area contributed by atoms with Crippen LogP contribution in [0.4, 0.5) is 5.69 Å². The molecule has 0 amide bonds. The maximum absolute atomic E-state index is 6.04. The zero-order chi connectivity index (χ0) is 17.9. The normalized spacial score (nSPS) is 15.1. The Hall–Kier alpha value is -2.62. The van der Waals surface area contributed by atoms with Crippen molar-refractivity contribution in [3.63, 3.8) is 0 Å². The number of ether oxygens (including phenoxy) is 3. The molecule has 0 aliphatic carbocycles. The lowest BCUT2D eigenvalue weighted by molar-refractivity contribution is 0.284. The number of rotatable bonds is 5. The van der Waals surface area contributed by atoms with Crippen LogP contribution in [0.5, 0.6) is 17.2 Å². The number of nitrogens with one attached hydrogen (secondary N) is 1. The second-order valence-electron chi connectivity index (χ2n) is 6.70. The highest BCUT2D eigenvalue weighted by molar-refractivity contribution is 5.95. The van der Waals surface area contributed by atoms with E-state index in [1.165, 1.54) is 16.7 Å². The van der Waals surface area contributed by atoms with Crippen LogP contribution >= 0.6 is 0 Å². The molecule has 2 heterocycles. The molecule has 0 unspecified atom stereocenters. The van der Waals surface area contributed by atoms with Gasteiger partial charge in [0.1, 0.15) is 17.2 Å². The van der Waals surface area contributed by atoms with Crippen molar-refractivity contribution in [2.75, 3.05) is 32.2 Å². The molecule has 4 rings (SSSR count). The average molecular weight is 351 g/mol. The fourth-order valence-corrected chi connectivity index (χ4v) is 3.55. The van der Waals surface area contributed by atoms with E-state index in [-0.39, 0.29) is 0 Å². The van der Waals surface area contributed by atoms with Crippen LogP contribution in [0.2, 0.25) is 0 Å². The van der Waals surface area contributed by atoms with Gasteiger partial charge in [0, 0.05) is 12.1 Å². The maximum atomic E-state index is 6.04. The molecule has 0 fully saturated rings. The van der Waals surface area contributed by atoms with E-state index in [0.717, 1.165) is 67.5 Å². The number of aryl methyl sites for hydroxylation is 1. The van der Waals surface area contributed by atoms with Gasteiger partial charge in [0.15, 0.2) is 0 Å². The summed E-state index contributed by atoms with van der Waals surface area (Å²) in [5.41, 5.74) is 5.84. The minimum Gasteiger partial charge on any atom is -0.497 e. The summed E-state index contributed by atoms with van der Waals surface area (Å²) in [6.07, 6.45) is 5.34. The van der Waals surface area contributed by atoms with Crippen LogP contribution < -0.4 is 19.5 Å². The Labute approximate surface area is 154 Å². The molecule has 0 spiro atoms. The highest BCUT2D eigenvalue weighted by Gasteiger charge is 2.24. The van der Waals surface area contributed by atoms with Gasteiger partial charge in [0.25, 0.3) is 0 Å². The van der Waals surface area contributed by atoms with E-state index in [1.807, 2.05) is 12.1 Å². The number of hydrogen-bond donors (Lipinski definition) is 1. The molecule has 4 nitrogen and oxygen atoms in total. The molecule has 0 radical (unpaired) electrons.